The Balaban J connectivity index is 2.05. The highest BCUT2D eigenvalue weighted by Crippen LogP contribution is 2.24. The van der Waals surface area contributed by atoms with Gasteiger partial charge < -0.3 is 5.32 Å². The van der Waals surface area contributed by atoms with Crippen molar-refractivity contribution in [3.05, 3.63) is 36.5 Å². The van der Waals surface area contributed by atoms with Crippen LogP contribution in [0, 0.1) is 0 Å². The van der Waals surface area contributed by atoms with Crippen LogP contribution in [0.2, 0.25) is 0 Å². The second-order valence-electron chi connectivity index (χ2n) is 5.36. The molecule has 2 atom stereocenters. The van der Waals surface area contributed by atoms with Gasteiger partial charge in [-0.15, -0.1) is 0 Å². The maximum atomic E-state index is 3.82. The van der Waals surface area contributed by atoms with E-state index in [-0.39, 0.29) is 0 Å². The number of hydrogen-bond donors (Lipinski definition) is 1. The average molecular weight is 246 g/mol. The lowest BCUT2D eigenvalue weighted by molar-refractivity contribution is 0.212. The Morgan fingerprint density at radius 1 is 1.39 bits per heavy atom. The molecule has 0 aromatic rings. The third-order valence-corrected chi connectivity index (χ3v) is 4.09. The van der Waals surface area contributed by atoms with Gasteiger partial charge in [0.25, 0.3) is 0 Å². The minimum absolute atomic E-state index is 0.725. The lowest BCUT2D eigenvalue weighted by atomic mass is 10.0. The molecule has 0 saturated carbocycles. The number of likely N-dealkylation sites (tertiary alicyclic amines) is 1. The molecule has 0 aromatic carbocycles. The van der Waals surface area contributed by atoms with E-state index >= 15 is 0 Å². The lowest BCUT2D eigenvalue weighted by Gasteiger charge is -2.30. The van der Waals surface area contributed by atoms with Gasteiger partial charge in [0, 0.05) is 18.6 Å². The third-order valence-electron chi connectivity index (χ3n) is 4.09. The highest BCUT2D eigenvalue weighted by molar-refractivity contribution is 5.24. The van der Waals surface area contributed by atoms with E-state index in [1.54, 1.807) is 0 Å². The van der Waals surface area contributed by atoms with Crippen LogP contribution in [0.1, 0.15) is 32.6 Å². The van der Waals surface area contributed by atoms with Crippen LogP contribution in [0.25, 0.3) is 0 Å². The summed E-state index contributed by atoms with van der Waals surface area (Å²) in [6.45, 7) is 9.41. The molecule has 2 unspecified atom stereocenters. The summed E-state index contributed by atoms with van der Waals surface area (Å²) in [6.07, 6.45) is 13.7. The summed E-state index contributed by atoms with van der Waals surface area (Å²) in [5.41, 5.74) is 1.38. The molecule has 2 aliphatic heterocycles. The number of allylic oxidation sites excluding steroid dienone is 3. The molecule has 2 aliphatic rings. The first-order valence-corrected chi connectivity index (χ1v) is 7.27. The summed E-state index contributed by atoms with van der Waals surface area (Å²) in [6, 6.07) is 1.47. The van der Waals surface area contributed by atoms with Gasteiger partial charge in [0.1, 0.15) is 0 Å². The summed E-state index contributed by atoms with van der Waals surface area (Å²) in [5, 5.41) is 3.67. The van der Waals surface area contributed by atoms with E-state index in [9.17, 15) is 0 Å². The van der Waals surface area contributed by atoms with Crippen molar-refractivity contribution >= 4 is 0 Å². The summed E-state index contributed by atoms with van der Waals surface area (Å²) >= 11 is 0. The fourth-order valence-corrected chi connectivity index (χ4v) is 3.29. The van der Waals surface area contributed by atoms with Crippen LogP contribution < -0.4 is 5.32 Å². The zero-order valence-electron chi connectivity index (χ0n) is 11.6. The highest BCUT2D eigenvalue weighted by atomic mass is 15.2. The molecule has 0 spiro atoms. The fraction of sp³-hybridized carbons (Fsp3) is 0.625. The molecule has 2 heteroatoms. The number of nitrogens with zero attached hydrogens (tertiary/aromatic N) is 1. The highest BCUT2D eigenvalue weighted by Gasteiger charge is 2.33. The molecule has 0 aromatic heterocycles. The Morgan fingerprint density at radius 3 is 3.06 bits per heavy atom. The molecule has 0 amide bonds. The van der Waals surface area contributed by atoms with E-state index < -0.39 is 0 Å². The van der Waals surface area contributed by atoms with Gasteiger partial charge in [-0.3, -0.25) is 4.90 Å². The largest absolute Gasteiger partial charge is 0.312 e. The van der Waals surface area contributed by atoms with Crippen LogP contribution >= 0.6 is 0 Å². The Morgan fingerprint density at radius 2 is 2.28 bits per heavy atom. The number of rotatable bonds is 4. The Labute approximate surface area is 111 Å². The van der Waals surface area contributed by atoms with E-state index in [0.29, 0.717) is 0 Å². The molecule has 18 heavy (non-hydrogen) atoms. The molecular weight excluding hydrogens is 220 g/mol. The topological polar surface area (TPSA) is 15.3 Å². The monoisotopic (exact) mass is 246 g/mol. The molecule has 1 N–H and O–H groups in total. The van der Waals surface area contributed by atoms with Crippen molar-refractivity contribution in [3.8, 4) is 0 Å². The average Bonchev–Trinajstić information content (AvgIpc) is 2.74. The van der Waals surface area contributed by atoms with Crippen molar-refractivity contribution in [3.63, 3.8) is 0 Å². The van der Waals surface area contributed by atoms with Crippen LogP contribution in [0.5, 0.6) is 0 Å². The van der Waals surface area contributed by atoms with Crippen molar-refractivity contribution < 1.29 is 0 Å². The van der Waals surface area contributed by atoms with Crippen LogP contribution in [-0.4, -0.2) is 36.6 Å². The van der Waals surface area contributed by atoms with Crippen LogP contribution in [0.15, 0.2) is 36.5 Å². The molecule has 0 bridgehead atoms. The van der Waals surface area contributed by atoms with Gasteiger partial charge in [-0.1, -0.05) is 37.3 Å². The van der Waals surface area contributed by atoms with E-state index in [1.807, 2.05) is 6.08 Å². The second kappa shape index (κ2) is 6.91. The number of nitrogens with one attached hydrogen (secondary N) is 1. The molecule has 2 rings (SSSR count). The Hall–Kier alpha value is -0.860. The van der Waals surface area contributed by atoms with Crippen molar-refractivity contribution in [2.75, 3.05) is 19.6 Å². The predicted octanol–water partition coefficient (Wildman–Crippen LogP) is 2.89. The molecule has 100 valence electrons. The van der Waals surface area contributed by atoms with Gasteiger partial charge in [0.15, 0.2) is 0 Å². The molecule has 2 fully saturated rings. The first kappa shape index (κ1) is 13.6. The van der Waals surface area contributed by atoms with E-state index in [4.69, 9.17) is 0 Å². The quantitative estimate of drug-likeness (QED) is 0.767. The normalized spacial score (nSPS) is 30.4. The standard InChI is InChI=1S/C16H26N2/c1-3-7-14(8-4-2)13-18-12-6-5-9-15-16(18)10-11-17-15/h3-4,7-8,15-17H,1,5-6,9-13H2,2H3/b8-4-,14-7+. The van der Waals surface area contributed by atoms with Gasteiger partial charge >= 0.3 is 0 Å². The molecule has 0 radical (unpaired) electrons. The number of fused-ring (bicyclic) bond motifs is 1. The maximum Gasteiger partial charge on any atom is 0.0264 e. The molecule has 2 saturated heterocycles. The van der Waals surface area contributed by atoms with Crippen LogP contribution in [0.3, 0.4) is 0 Å². The molecule has 2 heterocycles. The fourth-order valence-electron chi connectivity index (χ4n) is 3.29. The van der Waals surface area contributed by atoms with Crippen LogP contribution in [-0.2, 0) is 0 Å². The van der Waals surface area contributed by atoms with Gasteiger partial charge in [-0.05, 0) is 44.8 Å². The summed E-state index contributed by atoms with van der Waals surface area (Å²) in [5.74, 6) is 0. The second-order valence-corrected chi connectivity index (χ2v) is 5.36. The van der Waals surface area contributed by atoms with Crippen molar-refractivity contribution in [2.45, 2.75) is 44.7 Å². The van der Waals surface area contributed by atoms with Crippen molar-refractivity contribution in [1.82, 2.24) is 10.2 Å². The third kappa shape index (κ3) is 3.33. The Kier molecular flexibility index (Phi) is 5.21. The summed E-state index contributed by atoms with van der Waals surface area (Å²) in [4.78, 5) is 2.67. The van der Waals surface area contributed by atoms with Crippen molar-refractivity contribution in [2.24, 2.45) is 0 Å². The molecular formula is C16H26N2. The summed E-state index contributed by atoms with van der Waals surface area (Å²) in [7, 11) is 0. The molecule has 2 nitrogen and oxygen atoms in total. The summed E-state index contributed by atoms with van der Waals surface area (Å²) < 4.78 is 0. The van der Waals surface area contributed by atoms with Gasteiger partial charge in [0.05, 0.1) is 0 Å². The van der Waals surface area contributed by atoms with E-state index in [2.05, 4.69) is 41.9 Å². The zero-order valence-corrected chi connectivity index (χ0v) is 11.6. The minimum Gasteiger partial charge on any atom is -0.312 e. The first-order chi connectivity index (χ1) is 8.85. The number of hydrogen-bond acceptors (Lipinski definition) is 2. The SMILES string of the molecule is C=C/C=C(\C=C/C)CN1CCCCC2NCCC21. The smallest absolute Gasteiger partial charge is 0.0264 e. The van der Waals surface area contributed by atoms with E-state index in [0.717, 1.165) is 18.6 Å². The first-order valence-electron chi connectivity index (χ1n) is 7.27. The Bertz CT molecular complexity index is 330. The van der Waals surface area contributed by atoms with Gasteiger partial charge in [-0.25, -0.2) is 0 Å². The van der Waals surface area contributed by atoms with E-state index in [1.165, 1.54) is 44.3 Å². The van der Waals surface area contributed by atoms with Crippen molar-refractivity contribution in [1.29, 1.82) is 0 Å². The van der Waals surface area contributed by atoms with Gasteiger partial charge in [-0.2, -0.15) is 0 Å². The molecule has 0 aliphatic carbocycles. The zero-order chi connectivity index (χ0) is 12.8. The maximum absolute atomic E-state index is 3.82. The predicted molar refractivity (Wildman–Crippen MR) is 78.7 cm³/mol. The minimum atomic E-state index is 0.725. The van der Waals surface area contributed by atoms with Crippen LogP contribution in [0.4, 0.5) is 0 Å². The lowest BCUT2D eigenvalue weighted by Crippen LogP contribution is -2.43. The van der Waals surface area contributed by atoms with Gasteiger partial charge in [0.2, 0.25) is 0 Å².